The van der Waals surface area contributed by atoms with E-state index in [0.717, 1.165) is 23.0 Å². The second-order valence-corrected chi connectivity index (χ2v) is 5.09. The Hall–Kier alpha value is -1.42. The molecule has 1 aromatic carbocycles. The van der Waals surface area contributed by atoms with Gasteiger partial charge in [0.05, 0.1) is 0 Å². The van der Waals surface area contributed by atoms with E-state index in [1.807, 2.05) is 35.9 Å². The van der Waals surface area contributed by atoms with Crippen LogP contribution in [0.2, 0.25) is 0 Å². The monoisotopic (exact) mass is 306 g/mol. The van der Waals surface area contributed by atoms with Crippen LogP contribution in [0.4, 0.5) is 0 Å². The molecule has 0 amide bonds. The number of carbonyl (C=O) groups is 1. The second-order valence-electron chi connectivity index (χ2n) is 4.24. The Kier molecular flexibility index (Phi) is 3.97. The number of aromatic nitrogens is 2. The maximum atomic E-state index is 12.4. The van der Waals surface area contributed by atoms with Crippen molar-refractivity contribution in [3.63, 3.8) is 0 Å². The Balaban J connectivity index is 2.35. The van der Waals surface area contributed by atoms with Gasteiger partial charge in [-0.3, -0.25) is 4.79 Å². The van der Waals surface area contributed by atoms with Crippen LogP contribution in [0.25, 0.3) is 0 Å². The van der Waals surface area contributed by atoms with E-state index in [2.05, 4.69) is 27.8 Å². The lowest BCUT2D eigenvalue weighted by Crippen LogP contribution is -2.11. The fourth-order valence-corrected chi connectivity index (χ4v) is 2.18. The predicted molar refractivity (Wildman–Crippen MR) is 74.8 cm³/mol. The number of halogens is 1. The molecule has 4 heteroatoms. The van der Waals surface area contributed by atoms with E-state index in [1.54, 1.807) is 6.20 Å². The maximum Gasteiger partial charge on any atom is 0.228 e. The maximum absolute atomic E-state index is 12.4. The Morgan fingerprint density at radius 1 is 1.44 bits per heavy atom. The summed E-state index contributed by atoms with van der Waals surface area (Å²) in [5.74, 6) is 0.474. The van der Waals surface area contributed by atoms with Crippen molar-refractivity contribution in [3.05, 3.63) is 52.0 Å². The van der Waals surface area contributed by atoms with Crippen molar-refractivity contribution in [2.45, 2.75) is 26.8 Å². The molecule has 0 N–H and O–H groups in total. The lowest BCUT2D eigenvalue weighted by Gasteiger charge is -2.06. The normalized spacial score (nSPS) is 10.6. The van der Waals surface area contributed by atoms with Gasteiger partial charge in [0.25, 0.3) is 0 Å². The van der Waals surface area contributed by atoms with Crippen LogP contribution < -0.4 is 0 Å². The third-order valence-electron chi connectivity index (χ3n) is 2.82. The average molecular weight is 307 g/mol. The molecular formula is C14H15BrN2O. The fraction of sp³-hybridized carbons (Fsp3) is 0.286. The highest BCUT2D eigenvalue weighted by Gasteiger charge is 2.15. The number of hydrogen-bond donors (Lipinski definition) is 0. The first kappa shape index (κ1) is 13.0. The van der Waals surface area contributed by atoms with Gasteiger partial charge in [-0.25, -0.2) is 4.98 Å². The van der Waals surface area contributed by atoms with Gasteiger partial charge in [0.2, 0.25) is 5.78 Å². The molecule has 0 aliphatic heterocycles. The molecule has 0 saturated heterocycles. The summed E-state index contributed by atoms with van der Waals surface area (Å²) < 4.78 is 2.85. The molecule has 0 fully saturated rings. The van der Waals surface area contributed by atoms with E-state index in [0.29, 0.717) is 11.4 Å². The first-order chi connectivity index (χ1) is 8.63. The predicted octanol–water partition coefficient (Wildman–Crippen LogP) is 3.60. The molecule has 0 saturated carbocycles. The number of hydrogen-bond acceptors (Lipinski definition) is 2. The molecule has 2 rings (SSSR count). The van der Waals surface area contributed by atoms with Crippen molar-refractivity contribution in [3.8, 4) is 0 Å². The molecule has 1 heterocycles. The van der Waals surface area contributed by atoms with Crippen LogP contribution in [0, 0.1) is 6.92 Å². The summed E-state index contributed by atoms with van der Waals surface area (Å²) in [6.45, 7) is 4.89. The van der Waals surface area contributed by atoms with E-state index in [-0.39, 0.29) is 5.78 Å². The second kappa shape index (κ2) is 5.48. The van der Waals surface area contributed by atoms with Crippen molar-refractivity contribution < 1.29 is 4.79 Å². The summed E-state index contributed by atoms with van der Waals surface area (Å²) in [7, 11) is 0. The fourth-order valence-electron chi connectivity index (χ4n) is 1.80. The van der Waals surface area contributed by atoms with Crippen LogP contribution >= 0.6 is 15.9 Å². The van der Waals surface area contributed by atoms with Crippen LogP contribution in [-0.4, -0.2) is 15.3 Å². The van der Waals surface area contributed by atoms with Crippen molar-refractivity contribution in [1.82, 2.24) is 9.55 Å². The van der Waals surface area contributed by atoms with Gasteiger partial charge in [0.15, 0.2) is 5.82 Å². The minimum Gasteiger partial charge on any atom is -0.328 e. The Labute approximate surface area is 115 Å². The molecule has 2 aromatic rings. The molecule has 0 atom stereocenters. The van der Waals surface area contributed by atoms with E-state index in [1.165, 1.54) is 0 Å². The third kappa shape index (κ3) is 2.53. The molecule has 0 unspecified atom stereocenters. The number of aryl methyl sites for hydroxylation is 2. The largest absolute Gasteiger partial charge is 0.328 e. The Morgan fingerprint density at radius 3 is 2.89 bits per heavy atom. The highest BCUT2D eigenvalue weighted by atomic mass is 79.9. The molecule has 0 aliphatic carbocycles. The highest BCUT2D eigenvalue weighted by molar-refractivity contribution is 9.10. The van der Waals surface area contributed by atoms with Crippen LogP contribution in [0.1, 0.15) is 35.1 Å². The minimum absolute atomic E-state index is 0.0332. The summed E-state index contributed by atoms with van der Waals surface area (Å²) in [6, 6.07) is 5.63. The topological polar surface area (TPSA) is 34.9 Å². The molecular weight excluding hydrogens is 292 g/mol. The van der Waals surface area contributed by atoms with Gasteiger partial charge in [0.1, 0.15) is 0 Å². The van der Waals surface area contributed by atoms with Crippen LogP contribution in [0.3, 0.4) is 0 Å². The molecule has 0 aliphatic rings. The van der Waals surface area contributed by atoms with Gasteiger partial charge in [-0.2, -0.15) is 0 Å². The molecule has 18 heavy (non-hydrogen) atoms. The number of benzene rings is 1. The lowest BCUT2D eigenvalue weighted by atomic mass is 10.1. The zero-order valence-corrected chi connectivity index (χ0v) is 12.1. The molecule has 1 aromatic heterocycles. The first-order valence-electron chi connectivity index (χ1n) is 5.95. The standard InChI is InChI=1S/C14H15BrN2O/c1-3-7-17-8-6-16-14(17)13(18)11-5-4-10(2)12(15)9-11/h4-6,8-9H,3,7H2,1-2H3. The summed E-state index contributed by atoms with van der Waals surface area (Å²) in [5, 5.41) is 0. The van der Waals surface area contributed by atoms with Gasteiger partial charge in [-0.05, 0) is 25.0 Å². The number of rotatable bonds is 4. The van der Waals surface area contributed by atoms with Crippen LogP contribution in [0.15, 0.2) is 35.1 Å². The van der Waals surface area contributed by atoms with Gasteiger partial charge < -0.3 is 4.57 Å². The molecule has 0 bridgehead atoms. The van der Waals surface area contributed by atoms with Gasteiger partial charge in [0, 0.05) is 29.0 Å². The van der Waals surface area contributed by atoms with Crippen LogP contribution in [-0.2, 0) is 6.54 Å². The average Bonchev–Trinajstić information content (AvgIpc) is 2.80. The highest BCUT2D eigenvalue weighted by Crippen LogP contribution is 2.19. The van der Waals surface area contributed by atoms with Crippen LogP contribution in [0.5, 0.6) is 0 Å². The number of carbonyl (C=O) groups excluding carboxylic acids is 1. The summed E-state index contributed by atoms with van der Waals surface area (Å²) in [5.41, 5.74) is 1.78. The minimum atomic E-state index is -0.0332. The molecule has 0 radical (unpaired) electrons. The zero-order chi connectivity index (χ0) is 13.1. The Bertz CT molecular complexity index is 575. The SMILES string of the molecule is CCCn1ccnc1C(=O)c1ccc(C)c(Br)c1. The van der Waals surface area contributed by atoms with Crippen molar-refractivity contribution in [1.29, 1.82) is 0 Å². The first-order valence-corrected chi connectivity index (χ1v) is 6.74. The van der Waals surface area contributed by atoms with Crippen molar-refractivity contribution >= 4 is 21.7 Å². The summed E-state index contributed by atoms with van der Waals surface area (Å²) in [4.78, 5) is 16.5. The molecule has 3 nitrogen and oxygen atoms in total. The zero-order valence-electron chi connectivity index (χ0n) is 10.5. The number of imidazole rings is 1. The van der Waals surface area contributed by atoms with Gasteiger partial charge in [-0.1, -0.05) is 35.0 Å². The number of ketones is 1. The summed E-state index contributed by atoms with van der Waals surface area (Å²) >= 11 is 3.45. The Morgan fingerprint density at radius 2 is 2.22 bits per heavy atom. The quantitative estimate of drug-likeness (QED) is 0.809. The summed E-state index contributed by atoms with van der Waals surface area (Å²) in [6.07, 6.45) is 4.50. The lowest BCUT2D eigenvalue weighted by molar-refractivity contribution is 0.102. The molecule has 94 valence electrons. The van der Waals surface area contributed by atoms with Gasteiger partial charge >= 0.3 is 0 Å². The van der Waals surface area contributed by atoms with Crippen molar-refractivity contribution in [2.24, 2.45) is 0 Å². The smallest absolute Gasteiger partial charge is 0.228 e. The van der Waals surface area contributed by atoms with E-state index in [9.17, 15) is 4.79 Å². The van der Waals surface area contributed by atoms with E-state index < -0.39 is 0 Å². The van der Waals surface area contributed by atoms with Crippen molar-refractivity contribution in [2.75, 3.05) is 0 Å². The third-order valence-corrected chi connectivity index (χ3v) is 3.67. The van der Waals surface area contributed by atoms with E-state index >= 15 is 0 Å². The van der Waals surface area contributed by atoms with Gasteiger partial charge in [-0.15, -0.1) is 0 Å². The number of nitrogens with zero attached hydrogens (tertiary/aromatic N) is 2. The molecule has 0 spiro atoms. The van der Waals surface area contributed by atoms with E-state index in [4.69, 9.17) is 0 Å².